The Kier molecular flexibility index (Phi) is 4.84. The van der Waals surface area contributed by atoms with E-state index in [2.05, 4.69) is 31.1 Å². The average Bonchev–Trinajstić information content (AvgIpc) is 2.37. The van der Waals surface area contributed by atoms with Crippen molar-refractivity contribution in [3.05, 3.63) is 18.2 Å². The Morgan fingerprint density at radius 3 is 2.39 bits per heavy atom. The van der Waals surface area contributed by atoms with Gasteiger partial charge in [0.25, 0.3) is 0 Å². The van der Waals surface area contributed by atoms with Crippen LogP contribution in [0.5, 0.6) is 11.5 Å². The second-order valence-corrected chi connectivity index (χ2v) is 4.94. The summed E-state index contributed by atoms with van der Waals surface area (Å²) in [5.74, 6) is 1.62. The molecule has 0 saturated carbocycles. The summed E-state index contributed by atoms with van der Waals surface area (Å²) in [7, 11) is 7.36. The van der Waals surface area contributed by atoms with Crippen LogP contribution in [-0.4, -0.2) is 40.4 Å². The van der Waals surface area contributed by atoms with E-state index in [1.165, 1.54) is 0 Å². The van der Waals surface area contributed by atoms with Crippen molar-refractivity contribution < 1.29 is 9.47 Å². The molecule has 0 amide bonds. The van der Waals surface area contributed by atoms with Crippen LogP contribution in [0, 0.1) is 0 Å². The van der Waals surface area contributed by atoms with Crippen molar-refractivity contribution in [1.82, 2.24) is 5.32 Å². The number of hydrogen-bond donors (Lipinski definition) is 1. The summed E-state index contributed by atoms with van der Waals surface area (Å²) in [6, 6.07) is 5.88. The minimum absolute atomic E-state index is 0.00335. The molecule has 0 aromatic heterocycles. The second-order valence-electron chi connectivity index (χ2n) is 4.94. The smallest absolute Gasteiger partial charge is 0.145 e. The SMILES string of the molecule is CNCC(C)(C)N(C)c1ccc(OC)cc1OC. The maximum atomic E-state index is 5.44. The van der Waals surface area contributed by atoms with Crippen LogP contribution in [0.2, 0.25) is 0 Å². The van der Waals surface area contributed by atoms with Crippen LogP contribution in [0.25, 0.3) is 0 Å². The summed E-state index contributed by atoms with van der Waals surface area (Å²) < 4.78 is 10.7. The Balaban J connectivity index is 3.08. The highest BCUT2D eigenvalue weighted by atomic mass is 16.5. The highest BCUT2D eigenvalue weighted by Crippen LogP contribution is 2.34. The Morgan fingerprint density at radius 2 is 1.89 bits per heavy atom. The lowest BCUT2D eigenvalue weighted by Gasteiger charge is -2.38. The molecule has 1 rings (SSSR count). The normalized spacial score (nSPS) is 11.2. The molecule has 0 heterocycles. The average molecular weight is 252 g/mol. The van der Waals surface area contributed by atoms with Gasteiger partial charge < -0.3 is 19.7 Å². The molecule has 0 saturated heterocycles. The highest BCUT2D eigenvalue weighted by molar-refractivity contribution is 5.62. The van der Waals surface area contributed by atoms with Crippen LogP contribution in [0.15, 0.2) is 18.2 Å². The maximum absolute atomic E-state index is 5.44. The van der Waals surface area contributed by atoms with Crippen molar-refractivity contribution in [2.24, 2.45) is 0 Å². The van der Waals surface area contributed by atoms with Crippen LogP contribution < -0.4 is 19.7 Å². The van der Waals surface area contributed by atoms with E-state index in [0.717, 1.165) is 23.7 Å². The first-order valence-corrected chi connectivity index (χ1v) is 6.06. The summed E-state index contributed by atoms with van der Waals surface area (Å²) in [6.45, 7) is 5.26. The molecule has 0 unspecified atom stereocenters. The molecule has 102 valence electrons. The number of nitrogens with zero attached hydrogens (tertiary/aromatic N) is 1. The topological polar surface area (TPSA) is 33.7 Å². The van der Waals surface area contributed by atoms with Crippen molar-refractivity contribution in [1.29, 1.82) is 0 Å². The fourth-order valence-electron chi connectivity index (χ4n) is 1.94. The van der Waals surface area contributed by atoms with Gasteiger partial charge in [0.2, 0.25) is 0 Å². The van der Waals surface area contributed by atoms with Gasteiger partial charge in [0, 0.05) is 25.2 Å². The lowest BCUT2D eigenvalue weighted by atomic mass is 10.0. The molecule has 4 heteroatoms. The third-order valence-electron chi connectivity index (χ3n) is 3.27. The van der Waals surface area contributed by atoms with Crippen molar-refractivity contribution in [3.63, 3.8) is 0 Å². The van der Waals surface area contributed by atoms with E-state index in [4.69, 9.17) is 9.47 Å². The second kappa shape index (κ2) is 5.96. The minimum Gasteiger partial charge on any atom is -0.497 e. The molecule has 0 radical (unpaired) electrons. The first-order valence-electron chi connectivity index (χ1n) is 6.06. The van der Waals surface area contributed by atoms with E-state index in [0.29, 0.717) is 0 Å². The van der Waals surface area contributed by atoms with Crippen molar-refractivity contribution >= 4 is 5.69 Å². The minimum atomic E-state index is -0.00335. The first-order chi connectivity index (χ1) is 8.46. The summed E-state index contributed by atoms with van der Waals surface area (Å²) in [6.07, 6.45) is 0. The van der Waals surface area contributed by atoms with Crippen molar-refractivity contribution in [2.45, 2.75) is 19.4 Å². The first kappa shape index (κ1) is 14.6. The van der Waals surface area contributed by atoms with Crippen LogP contribution >= 0.6 is 0 Å². The largest absolute Gasteiger partial charge is 0.497 e. The van der Waals surface area contributed by atoms with Gasteiger partial charge in [-0.2, -0.15) is 0 Å². The van der Waals surface area contributed by atoms with Gasteiger partial charge in [-0.3, -0.25) is 0 Å². The monoisotopic (exact) mass is 252 g/mol. The van der Waals surface area contributed by atoms with Gasteiger partial charge >= 0.3 is 0 Å². The van der Waals surface area contributed by atoms with E-state index < -0.39 is 0 Å². The number of benzene rings is 1. The fourth-order valence-corrected chi connectivity index (χ4v) is 1.94. The third kappa shape index (κ3) is 3.07. The summed E-state index contributed by atoms with van der Waals surface area (Å²) in [5, 5.41) is 3.21. The molecule has 4 nitrogen and oxygen atoms in total. The quantitative estimate of drug-likeness (QED) is 0.841. The van der Waals surface area contributed by atoms with Gasteiger partial charge in [-0.1, -0.05) is 0 Å². The van der Waals surface area contributed by atoms with Gasteiger partial charge in [-0.25, -0.2) is 0 Å². The van der Waals surface area contributed by atoms with E-state index in [1.807, 2.05) is 25.2 Å². The maximum Gasteiger partial charge on any atom is 0.145 e. The molecule has 0 spiro atoms. The molecular formula is C14H24N2O2. The van der Waals surface area contributed by atoms with E-state index in [1.54, 1.807) is 14.2 Å². The molecule has 0 aliphatic rings. The molecular weight excluding hydrogens is 228 g/mol. The Morgan fingerprint density at radius 1 is 1.22 bits per heavy atom. The molecule has 1 aromatic rings. The van der Waals surface area contributed by atoms with Crippen LogP contribution in [-0.2, 0) is 0 Å². The Bertz CT molecular complexity index is 391. The van der Waals surface area contributed by atoms with Crippen LogP contribution in [0.3, 0.4) is 0 Å². The molecule has 1 aromatic carbocycles. The summed E-state index contributed by atoms with van der Waals surface area (Å²) in [4.78, 5) is 2.21. The number of hydrogen-bond acceptors (Lipinski definition) is 4. The van der Waals surface area contributed by atoms with Gasteiger partial charge in [0.1, 0.15) is 11.5 Å². The zero-order valence-electron chi connectivity index (χ0n) is 12.2. The zero-order valence-corrected chi connectivity index (χ0v) is 12.2. The lowest BCUT2D eigenvalue weighted by molar-refractivity contribution is 0.389. The highest BCUT2D eigenvalue weighted by Gasteiger charge is 2.25. The summed E-state index contributed by atoms with van der Waals surface area (Å²) in [5.41, 5.74) is 1.05. The molecule has 1 N–H and O–H groups in total. The number of methoxy groups -OCH3 is 2. The Hall–Kier alpha value is -1.42. The molecule has 0 aliphatic heterocycles. The Labute approximate surface area is 110 Å². The zero-order chi connectivity index (χ0) is 13.8. The van der Waals surface area contributed by atoms with E-state index in [9.17, 15) is 0 Å². The number of anilines is 1. The molecule has 0 fully saturated rings. The van der Waals surface area contributed by atoms with E-state index >= 15 is 0 Å². The number of ether oxygens (including phenoxy) is 2. The van der Waals surface area contributed by atoms with Crippen molar-refractivity contribution in [2.75, 3.05) is 39.8 Å². The van der Waals surface area contributed by atoms with Crippen molar-refractivity contribution in [3.8, 4) is 11.5 Å². The van der Waals surface area contributed by atoms with Gasteiger partial charge in [-0.15, -0.1) is 0 Å². The van der Waals surface area contributed by atoms with E-state index in [-0.39, 0.29) is 5.54 Å². The molecule has 0 aliphatic carbocycles. The fraction of sp³-hybridized carbons (Fsp3) is 0.571. The summed E-state index contributed by atoms with van der Waals surface area (Å²) >= 11 is 0. The van der Waals surface area contributed by atoms with Crippen LogP contribution in [0.1, 0.15) is 13.8 Å². The van der Waals surface area contributed by atoms with Gasteiger partial charge in [-0.05, 0) is 33.0 Å². The number of rotatable bonds is 6. The predicted molar refractivity (Wildman–Crippen MR) is 76.0 cm³/mol. The standard InChI is InChI=1S/C14H24N2O2/c1-14(2,10-15-3)16(4)12-8-7-11(17-5)9-13(12)18-6/h7-9,15H,10H2,1-6H3. The van der Waals surface area contributed by atoms with Gasteiger partial charge in [0.15, 0.2) is 0 Å². The lowest BCUT2D eigenvalue weighted by Crippen LogP contribution is -2.48. The molecule has 0 bridgehead atoms. The number of likely N-dealkylation sites (N-methyl/N-ethyl adjacent to an activating group) is 2. The number of nitrogens with one attached hydrogen (secondary N) is 1. The molecule has 18 heavy (non-hydrogen) atoms. The molecule has 0 atom stereocenters. The third-order valence-corrected chi connectivity index (χ3v) is 3.27. The predicted octanol–water partition coefficient (Wildman–Crippen LogP) is 2.14. The van der Waals surface area contributed by atoms with Crippen LogP contribution in [0.4, 0.5) is 5.69 Å². The van der Waals surface area contributed by atoms with Gasteiger partial charge in [0.05, 0.1) is 19.9 Å².